The summed E-state index contributed by atoms with van der Waals surface area (Å²) in [7, 11) is 0. The molecule has 0 aliphatic rings. The Kier molecular flexibility index (Phi) is 3.34. The van der Waals surface area contributed by atoms with Crippen LogP contribution in [0.2, 0.25) is 0 Å². The second kappa shape index (κ2) is 4.78. The lowest BCUT2D eigenvalue weighted by atomic mass is 10.1. The normalized spacial score (nSPS) is 10.4. The molecule has 0 bridgehead atoms. The van der Waals surface area contributed by atoms with Crippen LogP contribution in [0.1, 0.15) is 26.5 Å². The first-order valence-electron chi connectivity index (χ1n) is 5.44. The van der Waals surface area contributed by atoms with Gasteiger partial charge in [-0.25, -0.2) is 9.78 Å². The topological polar surface area (TPSA) is 59.4 Å². The maximum Gasteiger partial charge on any atom is 0.347 e. The Morgan fingerprint density at radius 2 is 2.06 bits per heavy atom. The van der Waals surface area contributed by atoms with Crippen molar-refractivity contribution in [2.24, 2.45) is 0 Å². The van der Waals surface area contributed by atoms with Crippen molar-refractivity contribution in [3.63, 3.8) is 0 Å². The second-order valence-electron chi connectivity index (χ2n) is 4.00. The van der Waals surface area contributed by atoms with Crippen LogP contribution in [-0.4, -0.2) is 16.1 Å². The van der Waals surface area contributed by atoms with Crippen LogP contribution in [0.5, 0.6) is 10.9 Å². The first-order valence-corrected chi connectivity index (χ1v) is 6.25. The highest BCUT2D eigenvalue weighted by molar-refractivity contribution is 7.15. The summed E-state index contributed by atoms with van der Waals surface area (Å²) >= 11 is 1.04. The number of aromatic carboxylic acids is 1. The van der Waals surface area contributed by atoms with Gasteiger partial charge in [-0.3, -0.25) is 0 Å². The summed E-state index contributed by atoms with van der Waals surface area (Å²) in [5.74, 6) is -0.262. The standard InChI is InChI=1S/C13H13NO3S/c1-7-5-4-6-10(8(7)2)17-13-14-9(3)11(18-13)12(15)16/h4-6H,1-3H3,(H,15,16). The molecule has 1 aromatic carbocycles. The van der Waals surface area contributed by atoms with Crippen molar-refractivity contribution in [2.75, 3.05) is 0 Å². The molecule has 5 heteroatoms. The fourth-order valence-electron chi connectivity index (χ4n) is 1.54. The first-order chi connectivity index (χ1) is 8.49. The first kappa shape index (κ1) is 12.6. The number of benzene rings is 1. The van der Waals surface area contributed by atoms with Crippen LogP contribution >= 0.6 is 11.3 Å². The van der Waals surface area contributed by atoms with E-state index in [2.05, 4.69) is 4.98 Å². The van der Waals surface area contributed by atoms with Gasteiger partial charge < -0.3 is 9.84 Å². The molecule has 0 aliphatic carbocycles. The summed E-state index contributed by atoms with van der Waals surface area (Å²) in [6.45, 7) is 5.62. The van der Waals surface area contributed by atoms with Crippen LogP contribution < -0.4 is 4.74 Å². The molecule has 0 saturated carbocycles. The predicted molar refractivity (Wildman–Crippen MR) is 69.8 cm³/mol. The van der Waals surface area contributed by atoms with E-state index < -0.39 is 5.97 Å². The molecule has 0 aliphatic heterocycles. The highest BCUT2D eigenvalue weighted by atomic mass is 32.1. The zero-order valence-corrected chi connectivity index (χ0v) is 11.2. The number of ether oxygens (including phenoxy) is 1. The summed E-state index contributed by atoms with van der Waals surface area (Å²) in [5.41, 5.74) is 2.63. The SMILES string of the molecule is Cc1cccc(Oc2nc(C)c(C(=O)O)s2)c1C. The smallest absolute Gasteiger partial charge is 0.347 e. The molecule has 1 N–H and O–H groups in total. The maximum absolute atomic E-state index is 10.9. The van der Waals surface area contributed by atoms with Gasteiger partial charge in [0.1, 0.15) is 10.6 Å². The Labute approximate surface area is 109 Å². The van der Waals surface area contributed by atoms with Crippen LogP contribution in [0, 0.1) is 20.8 Å². The number of carbonyl (C=O) groups is 1. The molecular formula is C13H13NO3S. The van der Waals surface area contributed by atoms with Crippen LogP contribution in [0.15, 0.2) is 18.2 Å². The third kappa shape index (κ3) is 2.36. The molecule has 94 valence electrons. The van der Waals surface area contributed by atoms with Crippen molar-refractivity contribution in [2.45, 2.75) is 20.8 Å². The monoisotopic (exact) mass is 263 g/mol. The molecule has 4 nitrogen and oxygen atoms in total. The average molecular weight is 263 g/mol. The van der Waals surface area contributed by atoms with Gasteiger partial charge in [0, 0.05) is 0 Å². The number of hydrogen-bond acceptors (Lipinski definition) is 4. The van der Waals surface area contributed by atoms with E-state index in [9.17, 15) is 4.79 Å². The molecule has 0 atom stereocenters. The van der Waals surface area contributed by atoms with E-state index in [-0.39, 0.29) is 4.88 Å². The number of aryl methyl sites for hydroxylation is 2. The summed E-state index contributed by atoms with van der Waals surface area (Å²) in [6, 6.07) is 5.74. The van der Waals surface area contributed by atoms with Gasteiger partial charge in [-0.05, 0) is 38.0 Å². The number of carboxylic acids is 1. The van der Waals surface area contributed by atoms with Crippen LogP contribution in [0.25, 0.3) is 0 Å². The lowest BCUT2D eigenvalue weighted by Gasteiger charge is -2.07. The number of thiazole rings is 1. The highest BCUT2D eigenvalue weighted by Gasteiger charge is 2.15. The largest absolute Gasteiger partial charge is 0.477 e. The molecule has 0 spiro atoms. The lowest BCUT2D eigenvalue weighted by Crippen LogP contribution is -1.94. The zero-order valence-electron chi connectivity index (χ0n) is 10.4. The van der Waals surface area contributed by atoms with E-state index in [0.29, 0.717) is 16.6 Å². The number of carboxylic acid groups (broad SMARTS) is 1. The molecule has 1 aromatic heterocycles. The van der Waals surface area contributed by atoms with Gasteiger partial charge in [0.05, 0.1) is 5.69 Å². The summed E-state index contributed by atoms with van der Waals surface area (Å²) in [4.78, 5) is 15.3. The van der Waals surface area contributed by atoms with Crippen molar-refractivity contribution in [3.8, 4) is 10.9 Å². The fraction of sp³-hybridized carbons (Fsp3) is 0.231. The van der Waals surface area contributed by atoms with Crippen LogP contribution in [0.4, 0.5) is 0 Å². The molecule has 1 heterocycles. The predicted octanol–water partition coefficient (Wildman–Crippen LogP) is 3.56. The minimum atomic E-state index is -0.971. The third-order valence-electron chi connectivity index (χ3n) is 2.72. The fourth-order valence-corrected chi connectivity index (χ4v) is 2.31. The van der Waals surface area contributed by atoms with Crippen molar-refractivity contribution >= 4 is 17.3 Å². The molecule has 0 fully saturated rings. The van der Waals surface area contributed by atoms with Crippen molar-refractivity contribution in [1.82, 2.24) is 4.98 Å². The van der Waals surface area contributed by atoms with Gasteiger partial charge in [0.2, 0.25) is 0 Å². The Balaban J connectivity index is 2.32. The Hall–Kier alpha value is -1.88. The molecule has 2 aromatic rings. The second-order valence-corrected chi connectivity index (χ2v) is 4.96. The van der Waals surface area contributed by atoms with Crippen LogP contribution in [0.3, 0.4) is 0 Å². The summed E-state index contributed by atoms with van der Waals surface area (Å²) in [5, 5.41) is 9.32. The van der Waals surface area contributed by atoms with E-state index in [1.807, 2.05) is 32.0 Å². The molecule has 0 unspecified atom stereocenters. The van der Waals surface area contributed by atoms with E-state index in [1.54, 1.807) is 6.92 Å². The average Bonchev–Trinajstić information content (AvgIpc) is 2.66. The Bertz CT molecular complexity index is 604. The summed E-state index contributed by atoms with van der Waals surface area (Å²) < 4.78 is 5.65. The van der Waals surface area contributed by atoms with Gasteiger partial charge in [-0.1, -0.05) is 23.5 Å². The van der Waals surface area contributed by atoms with Gasteiger partial charge in [0.25, 0.3) is 5.19 Å². The minimum Gasteiger partial charge on any atom is -0.477 e. The molecule has 0 saturated heterocycles. The van der Waals surface area contributed by atoms with Gasteiger partial charge >= 0.3 is 5.97 Å². The zero-order chi connectivity index (χ0) is 13.3. The maximum atomic E-state index is 10.9. The molecule has 0 radical (unpaired) electrons. The quantitative estimate of drug-likeness (QED) is 0.919. The van der Waals surface area contributed by atoms with Crippen molar-refractivity contribution in [3.05, 3.63) is 39.9 Å². The lowest BCUT2D eigenvalue weighted by molar-refractivity contribution is 0.0701. The molecule has 0 amide bonds. The number of hydrogen-bond donors (Lipinski definition) is 1. The van der Waals surface area contributed by atoms with Crippen molar-refractivity contribution in [1.29, 1.82) is 0 Å². The molecular weight excluding hydrogens is 250 g/mol. The Morgan fingerprint density at radius 1 is 1.33 bits per heavy atom. The van der Waals surface area contributed by atoms with Gasteiger partial charge in [0.15, 0.2) is 0 Å². The van der Waals surface area contributed by atoms with E-state index >= 15 is 0 Å². The van der Waals surface area contributed by atoms with E-state index in [1.165, 1.54) is 0 Å². The van der Waals surface area contributed by atoms with Gasteiger partial charge in [-0.15, -0.1) is 0 Å². The number of rotatable bonds is 3. The van der Waals surface area contributed by atoms with E-state index in [0.717, 1.165) is 22.5 Å². The van der Waals surface area contributed by atoms with E-state index in [4.69, 9.17) is 9.84 Å². The number of nitrogens with zero attached hydrogens (tertiary/aromatic N) is 1. The number of aromatic nitrogens is 1. The Morgan fingerprint density at radius 3 is 2.67 bits per heavy atom. The molecule has 18 heavy (non-hydrogen) atoms. The highest BCUT2D eigenvalue weighted by Crippen LogP contribution is 2.31. The minimum absolute atomic E-state index is 0.218. The van der Waals surface area contributed by atoms with Crippen LogP contribution in [-0.2, 0) is 0 Å². The summed E-state index contributed by atoms with van der Waals surface area (Å²) in [6.07, 6.45) is 0. The molecule has 2 rings (SSSR count). The third-order valence-corrected chi connectivity index (χ3v) is 3.75. The van der Waals surface area contributed by atoms with Gasteiger partial charge in [-0.2, -0.15) is 0 Å². The van der Waals surface area contributed by atoms with Crippen molar-refractivity contribution < 1.29 is 14.6 Å².